The van der Waals surface area contributed by atoms with Gasteiger partial charge in [-0.05, 0) is 58.5 Å². The van der Waals surface area contributed by atoms with Gasteiger partial charge in [-0.1, -0.05) is 6.42 Å². The van der Waals surface area contributed by atoms with E-state index in [1.807, 2.05) is 0 Å². The van der Waals surface area contributed by atoms with Crippen LogP contribution in [0.15, 0.2) is 4.99 Å². The number of nitrogens with zero attached hydrogens (tertiary/aromatic N) is 3. The molecule has 1 N–H and O–H groups in total. The lowest BCUT2D eigenvalue weighted by Gasteiger charge is -2.63. The number of aliphatic imine (C=N–C) groups is 1. The Labute approximate surface area is 152 Å². The molecule has 0 radical (unpaired) electrons. The molecule has 0 amide bonds. The van der Waals surface area contributed by atoms with Crippen molar-refractivity contribution >= 4 is 5.96 Å². The van der Waals surface area contributed by atoms with Gasteiger partial charge in [0.05, 0.1) is 6.10 Å². The Balaban J connectivity index is 1.27. The summed E-state index contributed by atoms with van der Waals surface area (Å²) in [5, 5.41) is 3.95. The molecule has 0 bridgehead atoms. The average Bonchev–Trinajstić information content (AvgIpc) is 3.29. The molecule has 4 atom stereocenters. The largest absolute Gasteiger partial charge is 0.377 e. The number of hydrogen-bond acceptors (Lipinski definition) is 3. The van der Waals surface area contributed by atoms with Gasteiger partial charge in [-0.15, -0.1) is 0 Å². The van der Waals surface area contributed by atoms with Gasteiger partial charge in [-0.25, -0.2) is 0 Å². The number of likely N-dealkylation sites (tertiary alicyclic amines) is 2. The predicted molar refractivity (Wildman–Crippen MR) is 99.8 cm³/mol. The standard InChI is InChI=1S/C20H34N4O/c1-2-21-19(24-12-6-15(14-24)23-10-3-4-11-23)22-17-16-7-13-25-18(16)20(17)8-5-9-20/h15-18H,2-14H2,1H3,(H,21,22). The lowest BCUT2D eigenvalue weighted by Crippen LogP contribution is -2.72. The van der Waals surface area contributed by atoms with Gasteiger partial charge in [0.25, 0.3) is 0 Å². The van der Waals surface area contributed by atoms with Gasteiger partial charge < -0.3 is 15.0 Å². The molecule has 3 aliphatic heterocycles. The normalized spacial score (nSPS) is 40.2. The number of nitrogens with one attached hydrogen (secondary N) is 1. The molecular formula is C20H34N4O. The van der Waals surface area contributed by atoms with Crippen LogP contribution in [0.2, 0.25) is 0 Å². The van der Waals surface area contributed by atoms with Crippen molar-refractivity contribution in [1.82, 2.24) is 15.1 Å². The molecule has 0 aromatic rings. The second kappa shape index (κ2) is 6.41. The van der Waals surface area contributed by atoms with E-state index in [9.17, 15) is 0 Å². The van der Waals surface area contributed by atoms with Crippen molar-refractivity contribution in [3.05, 3.63) is 0 Å². The van der Waals surface area contributed by atoms with Crippen LogP contribution in [0.5, 0.6) is 0 Å². The van der Waals surface area contributed by atoms with E-state index in [1.54, 1.807) is 0 Å². The van der Waals surface area contributed by atoms with Crippen LogP contribution in [-0.4, -0.2) is 73.3 Å². The molecule has 2 saturated carbocycles. The zero-order valence-electron chi connectivity index (χ0n) is 15.8. The zero-order chi connectivity index (χ0) is 16.9. The summed E-state index contributed by atoms with van der Waals surface area (Å²) in [6, 6.07) is 1.35. The van der Waals surface area contributed by atoms with E-state index in [4.69, 9.17) is 9.73 Å². The molecule has 5 nitrogen and oxygen atoms in total. The van der Waals surface area contributed by atoms with Crippen LogP contribution in [0.3, 0.4) is 0 Å². The van der Waals surface area contributed by atoms with Crippen LogP contribution >= 0.6 is 0 Å². The fourth-order valence-corrected chi connectivity index (χ4v) is 6.32. The summed E-state index contributed by atoms with van der Waals surface area (Å²) in [6.45, 7) is 8.94. The first-order chi connectivity index (χ1) is 12.3. The lowest BCUT2D eigenvalue weighted by atomic mass is 9.46. The van der Waals surface area contributed by atoms with Crippen molar-refractivity contribution in [1.29, 1.82) is 0 Å². The molecule has 5 aliphatic rings. The van der Waals surface area contributed by atoms with Crippen LogP contribution < -0.4 is 5.32 Å². The molecule has 1 spiro atoms. The Kier molecular flexibility index (Phi) is 4.20. The summed E-state index contributed by atoms with van der Waals surface area (Å²) in [6.07, 6.45) is 9.93. The van der Waals surface area contributed by atoms with E-state index in [2.05, 4.69) is 22.0 Å². The maximum atomic E-state index is 6.09. The second-order valence-corrected chi connectivity index (χ2v) is 8.88. The molecule has 3 saturated heterocycles. The quantitative estimate of drug-likeness (QED) is 0.627. The van der Waals surface area contributed by atoms with Crippen LogP contribution in [0.25, 0.3) is 0 Å². The molecule has 3 heterocycles. The first-order valence-electron chi connectivity index (χ1n) is 10.7. The van der Waals surface area contributed by atoms with Crippen LogP contribution in [0, 0.1) is 11.3 Å². The highest BCUT2D eigenvalue weighted by molar-refractivity contribution is 5.81. The topological polar surface area (TPSA) is 40.1 Å². The lowest BCUT2D eigenvalue weighted by molar-refractivity contribution is -0.171. The van der Waals surface area contributed by atoms with Crippen molar-refractivity contribution in [2.45, 2.75) is 70.1 Å². The minimum absolute atomic E-state index is 0.434. The number of guanidine groups is 1. The number of fused-ring (bicyclic) bond motifs is 2. The van der Waals surface area contributed by atoms with E-state index >= 15 is 0 Å². The van der Waals surface area contributed by atoms with Gasteiger partial charge in [0.2, 0.25) is 0 Å². The SMILES string of the molecule is CCN=C(NC1C2CCOC2C12CCC2)N1CCC(N2CCCC2)C1. The number of ether oxygens (including phenoxy) is 1. The molecule has 25 heavy (non-hydrogen) atoms. The Hall–Kier alpha value is -0.810. The Morgan fingerprint density at radius 2 is 2.00 bits per heavy atom. The smallest absolute Gasteiger partial charge is 0.194 e. The molecule has 4 unspecified atom stereocenters. The third-order valence-corrected chi connectivity index (χ3v) is 7.75. The van der Waals surface area contributed by atoms with Gasteiger partial charge in [0.15, 0.2) is 5.96 Å². The van der Waals surface area contributed by atoms with Gasteiger partial charge >= 0.3 is 0 Å². The third-order valence-electron chi connectivity index (χ3n) is 7.75. The van der Waals surface area contributed by atoms with Gasteiger partial charge in [-0.3, -0.25) is 9.89 Å². The summed E-state index contributed by atoms with van der Waals surface area (Å²) in [7, 11) is 0. The first kappa shape index (κ1) is 16.4. The first-order valence-corrected chi connectivity index (χ1v) is 10.7. The van der Waals surface area contributed by atoms with Crippen molar-refractivity contribution < 1.29 is 4.74 Å². The zero-order valence-corrected chi connectivity index (χ0v) is 15.8. The van der Waals surface area contributed by atoms with E-state index in [-0.39, 0.29) is 0 Å². The second-order valence-electron chi connectivity index (χ2n) is 8.88. The van der Waals surface area contributed by atoms with Crippen LogP contribution in [-0.2, 0) is 4.74 Å². The van der Waals surface area contributed by atoms with Crippen molar-refractivity contribution in [3.63, 3.8) is 0 Å². The molecule has 0 aromatic carbocycles. The molecule has 5 heteroatoms. The summed E-state index contributed by atoms with van der Waals surface area (Å²) in [5.74, 6) is 1.91. The highest BCUT2D eigenvalue weighted by Gasteiger charge is 2.66. The van der Waals surface area contributed by atoms with Gasteiger partial charge in [-0.2, -0.15) is 0 Å². The molecule has 140 valence electrons. The Morgan fingerprint density at radius 1 is 1.16 bits per heavy atom. The fraction of sp³-hybridized carbons (Fsp3) is 0.950. The minimum Gasteiger partial charge on any atom is -0.377 e. The van der Waals surface area contributed by atoms with Crippen molar-refractivity contribution in [3.8, 4) is 0 Å². The summed E-state index contributed by atoms with van der Waals surface area (Å²) < 4.78 is 6.09. The molecule has 2 aliphatic carbocycles. The fourth-order valence-electron chi connectivity index (χ4n) is 6.32. The summed E-state index contributed by atoms with van der Waals surface area (Å²) >= 11 is 0. The average molecular weight is 347 g/mol. The van der Waals surface area contributed by atoms with Gasteiger partial charge in [0.1, 0.15) is 0 Å². The number of hydrogen-bond donors (Lipinski definition) is 1. The monoisotopic (exact) mass is 346 g/mol. The van der Waals surface area contributed by atoms with E-state index < -0.39 is 0 Å². The molecule has 5 fully saturated rings. The minimum atomic E-state index is 0.434. The highest BCUT2D eigenvalue weighted by Crippen LogP contribution is 2.62. The molecule has 0 aromatic heterocycles. The van der Waals surface area contributed by atoms with Crippen molar-refractivity contribution in [2.75, 3.05) is 39.3 Å². The summed E-state index contributed by atoms with van der Waals surface area (Å²) in [5.41, 5.74) is 0.434. The molecule has 5 rings (SSSR count). The maximum Gasteiger partial charge on any atom is 0.194 e. The van der Waals surface area contributed by atoms with Crippen LogP contribution in [0.4, 0.5) is 0 Å². The van der Waals surface area contributed by atoms with E-state index in [0.29, 0.717) is 17.6 Å². The Morgan fingerprint density at radius 3 is 2.72 bits per heavy atom. The van der Waals surface area contributed by atoms with E-state index in [1.165, 1.54) is 64.0 Å². The highest BCUT2D eigenvalue weighted by atomic mass is 16.5. The molecular weight excluding hydrogens is 312 g/mol. The number of rotatable bonds is 3. The third kappa shape index (κ3) is 2.53. The van der Waals surface area contributed by atoms with E-state index in [0.717, 1.165) is 38.2 Å². The Bertz CT molecular complexity index is 526. The van der Waals surface area contributed by atoms with Crippen molar-refractivity contribution in [2.24, 2.45) is 16.3 Å². The summed E-state index contributed by atoms with van der Waals surface area (Å²) in [4.78, 5) is 10.2. The predicted octanol–water partition coefficient (Wildman–Crippen LogP) is 2.08. The maximum absolute atomic E-state index is 6.09. The van der Waals surface area contributed by atoms with Crippen LogP contribution in [0.1, 0.15) is 51.9 Å². The van der Waals surface area contributed by atoms with Gasteiger partial charge in [0, 0.05) is 49.7 Å².